The van der Waals surface area contributed by atoms with Gasteiger partial charge < -0.3 is 0 Å². The third kappa shape index (κ3) is 2.51. The van der Waals surface area contributed by atoms with Crippen molar-refractivity contribution < 1.29 is 4.39 Å². The predicted octanol–water partition coefficient (Wildman–Crippen LogP) is 4.35. The maximum Gasteiger partial charge on any atom is 0.163 e. The second kappa shape index (κ2) is 4.65. The molecule has 0 radical (unpaired) electrons. The molecule has 82 valence electrons. The van der Waals surface area contributed by atoms with Crippen molar-refractivity contribution in [1.82, 2.24) is 9.97 Å². The summed E-state index contributed by atoms with van der Waals surface area (Å²) in [5.41, 5.74) is 0.504. The second-order valence-corrected chi connectivity index (χ2v) is 4.59. The first kappa shape index (κ1) is 11.8. The van der Waals surface area contributed by atoms with Crippen LogP contribution in [0.15, 0.2) is 28.7 Å². The van der Waals surface area contributed by atoms with Gasteiger partial charge in [-0.25, -0.2) is 14.4 Å². The quantitative estimate of drug-likeness (QED) is 0.730. The van der Waals surface area contributed by atoms with Gasteiger partial charge in [0.25, 0.3) is 0 Å². The second-order valence-electron chi connectivity index (χ2n) is 2.96. The summed E-state index contributed by atoms with van der Waals surface area (Å²) in [6, 6.07) is 5.63. The van der Waals surface area contributed by atoms with Gasteiger partial charge in [-0.2, -0.15) is 0 Å². The number of aromatic nitrogens is 2. The first-order valence-corrected chi connectivity index (χ1v) is 5.76. The molecule has 16 heavy (non-hydrogen) atoms. The molecule has 6 heteroatoms. The Morgan fingerprint density at radius 1 is 1.06 bits per heavy atom. The van der Waals surface area contributed by atoms with Gasteiger partial charge in [-0.3, -0.25) is 0 Å². The third-order valence-corrected chi connectivity index (χ3v) is 2.91. The molecule has 0 aliphatic carbocycles. The molecule has 1 aromatic heterocycles. The molecule has 1 heterocycles. The molecular formula is C10H4BrCl2FN2. The van der Waals surface area contributed by atoms with E-state index in [9.17, 15) is 4.39 Å². The van der Waals surface area contributed by atoms with Crippen LogP contribution in [0.4, 0.5) is 4.39 Å². The van der Waals surface area contributed by atoms with E-state index in [-0.39, 0.29) is 21.9 Å². The minimum Gasteiger partial charge on any atom is -0.216 e. The van der Waals surface area contributed by atoms with Gasteiger partial charge >= 0.3 is 0 Å². The van der Waals surface area contributed by atoms with Crippen LogP contribution >= 0.6 is 39.1 Å². The molecule has 0 spiro atoms. The molecule has 0 aliphatic rings. The third-order valence-electron chi connectivity index (χ3n) is 1.83. The Morgan fingerprint density at radius 3 is 2.31 bits per heavy atom. The van der Waals surface area contributed by atoms with Crippen molar-refractivity contribution in [3.63, 3.8) is 0 Å². The first-order chi connectivity index (χ1) is 7.56. The van der Waals surface area contributed by atoms with E-state index in [1.54, 1.807) is 6.07 Å². The SMILES string of the molecule is Fc1ccc(Br)c(-c2nc(Cl)cc(Cl)n2)c1. The van der Waals surface area contributed by atoms with Crippen molar-refractivity contribution in [1.29, 1.82) is 0 Å². The Balaban J connectivity index is 2.62. The topological polar surface area (TPSA) is 25.8 Å². The largest absolute Gasteiger partial charge is 0.216 e. The van der Waals surface area contributed by atoms with Gasteiger partial charge in [-0.05, 0) is 18.2 Å². The van der Waals surface area contributed by atoms with Crippen LogP contribution in [0.2, 0.25) is 10.3 Å². The Labute approximate surface area is 110 Å². The number of rotatable bonds is 1. The lowest BCUT2D eigenvalue weighted by molar-refractivity contribution is 0.628. The summed E-state index contributed by atoms with van der Waals surface area (Å²) in [6.45, 7) is 0. The highest BCUT2D eigenvalue weighted by molar-refractivity contribution is 9.10. The van der Waals surface area contributed by atoms with E-state index in [2.05, 4.69) is 25.9 Å². The van der Waals surface area contributed by atoms with E-state index in [1.165, 1.54) is 18.2 Å². The molecule has 2 aromatic rings. The van der Waals surface area contributed by atoms with Gasteiger partial charge in [0.15, 0.2) is 5.82 Å². The number of hydrogen-bond acceptors (Lipinski definition) is 2. The fraction of sp³-hybridized carbons (Fsp3) is 0. The monoisotopic (exact) mass is 320 g/mol. The number of benzene rings is 1. The number of halogens is 4. The van der Waals surface area contributed by atoms with Crippen LogP contribution in [-0.4, -0.2) is 9.97 Å². The fourth-order valence-electron chi connectivity index (χ4n) is 1.18. The Kier molecular flexibility index (Phi) is 3.42. The van der Waals surface area contributed by atoms with Crippen molar-refractivity contribution in [3.05, 3.63) is 44.9 Å². The van der Waals surface area contributed by atoms with E-state index in [0.29, 0.717) is 10.0 Å². The fourth-order valence-corrected chi connectivity index (χ4v) is 2.03. The Morgan fingerprint density at radius 2 is 1.69 bits per heavy atom. The average Bonchev–Trinajstić information content (AvgIpc) is 2.20. The molecule has 0 unspecified atom stereocenters. The summed E-state index contributed by atoms with van der Waals surface area (Å²) < 4.78 is 13.8. The molecule has 0 amide bonds. The lowest BCUT2D eigenvalue weighted by Crippen LogP contribution is -1.91. The molecule has 0 saturated heterocycles. The van der Waals surface area contributed by atoms with Gasteiger partial charge in [-0.1, -0.05) is 39.1 Å². The molecule has 0 aliphatic heterocycles. The van der Waals surface area contributed by atoms with Crippen molar-refractivity contribution in [2.45, 2.75) is 0 Å². The summed E-state index contributed by atoms with van der Waals surface area (Å²) in [6.07, 6.45) is 0. The van der Waals surface area contributed by atoms with Gasteiger partial charge in [0.1, 0.15) is 16.1 Å². The summed E-state index contributed by atoms with van der Waals surface area (Å²) in [5, 5.41) is 0.428. The zero-order valence-electron chi connectivity index (χ0n) is 7.72. The van der Waals surface area contributed by atoms with Gasteiger partial charge in [0.05, 0.1) is 0 Å². The minimum atomic E-state index is -0.377. The minimum absolute atomic E-state index is 0.214. The molecule has 1 aromatic carbocycles. The molecule has 0 N–H and O–H groups in total. The lowest BCUT2D eigenvalue weighted by Gasteiger charge is -2.04. The summed E-state index contributed by atoms with van der Waals surface area (Å²) in [4.78, 5) is 7.96. The summed E-state index contributed by atoms with van der Waals surface area (Å²) in [7, 11) is 0. The molecule has 2 nitrogen and oxygen atoms in total. The average molecular weight is 322 g/mol. The van der Waals surface area contributed by atoms with E-state index in [4.69, 9.17) is 23.2 Å². The van der Waals surface area contributed by atoms with Crippen LogP contribution in [0, 0.1) is 5.82 Å². The highest BCUT2D eigenvalue weighted by atomic mass is 79.9. The van der Waals surface area contributed by atoms with Crippen molar-refractivity contribution in [2.24, 2.45) is 0 Å². The van der Waals surface area contributed by atoms with Crippen LogP contribution in [-0.2, 0) is 0 Å². The highest BCUT2D eigenvalue weighted by Crippen LogP contribution is 2.28. The predicted molar refractivity (Wildman–Crippen MR) is 65.1 cm³/mol. The summed E-state index contributed by atoms with van der Waals surface area (Å²) >= 11 is 14.8. The molecule has 0 bridgehead atoms. The van der Waals surface area contributed by atoms with Crippen molar-refractivity contribution in [2.75, 3.05) is 0 Å². The van der Waals surface area contributed by atoms with Crippen LogP contribution in [0.3, 0.4) is 0 Å². The van der Waals surface area contributed by atoms with Gasteiger partial charge in [0, 0.05) is 16.1 Å². The van der Waals surface area contributed by atoms with E-state index in [1.807, 2.05) is 0 Å². The lowest BCUT2D eigenvalue weighted by atomic mass is 10.2. The van der Waals surface area contributed by atoms with Gasteiger partial charge in [-0.15, -0.1) is 0 Å². The van der Waals surface area contributed by atoms with Crippen molar-refractivity contribution >= 4 is 39.1 Å². The number of nitrogens with zero attached hydrogens (tertiary/aromatic N) is 2. The maximum atomic E-state index is 13.1. The normalized spacial score (nSPS) is 10.5. The first-order valence-electron chi connectivity index (χ1n) is 4.22. The number of hydrogen-bond donors (Lipinski definition) is 0. The standard InChI is InChI=1S/C10H4BrCl2FN2/c11-7-2-1-5(14)3-6(7)10-15-8(12)4-9(13)16-10/h1-4H. The molecule has 0 fully saturated rings. The highest BCUT2D eigenvalue weighted by Gasteiger charge is 2.09. The van der Waals surface area contributed by atoms with E-state index in [0.717, 1.165) is 0 Å². The van der Waals surface area contributed by atoms with Crippen LogP contribution < -0.4 is 0 Å². The van der Waals surface area contributed by atoms with Crippen LogP contribution in [0.25, 0.3) is 11.4 Å². The summed E-state index contributed by atoms with van der Waals surface area (Å²) in [5.74, 6) is -0.0956. The van der Waals surface area contributed by atoms with E-state index < -0.39 is 0 Å². The Hall–Kier alpha value is -0.710. The molecular weight excluding hydrogens is 318 g/mol. The zero-order valence-corrected chi connectivity index (χ0v) is 10.8. The smallest absolute Gasteiger partial charge is 0.163 e. The van der Waals surface area contributed by atoms with Gasteiger partial charge in [0.2, 0.25) is 0 Å². The molecule has 0 saturated carbocycles. The molecule has 0 atom stereocenters. The van der Waals surface area contributed by atoms with Crippen LogP contribution in [0.1, 0.15) is 0 Å². The Bertz CT molecular complexity index is 528. The van der Waals surface area contributed by atoms with Crippen molar-refractivity contribution in [3.8, 4) is 11.4 Å². The maximum absolute atomic E-state index is 13.1. The zero-order chi connectivity index (χ0) is 11.7. The molecule has 2 rings (SSSR count). The van der Waals surface area contributed by atoms with E-state index >= 15 is 0 Å². The van der Waals surface area contributed by atoms with Crippen LogP contribution in [0.5, 0.6) is 0 Å².